The van der Waals surface area contributed by atoms with E-state index in [4.69, 9.17) is 4.42 Å². The number of hydrogen-bond donors (Lipinski definition) is 1. The molecular formula is C12H17NO3. The first-order valence-electron chi connectivity index (χ1n) is 5.57. The van der Waals surface area contributed by atoms with Crippen LogP contribution < -0.4 is 0 Å². The first-order chi connectivity index (χ1) is 7.53. The molecule has 1 aromatic rings. The Morgan fingerprint density at radius 1 is 1.62 bits per heavy atom. The van der Waals surface area contributed by atoms with Crippen molar-refractivity contribution in [1.82, 2.24) is 4.90 Å². The summed E-state index contributed by atoms with van der Waals surface area (Å²) in [7, 11) is 0. The van der Waals surface area contributed by atoms with Crippen molar-refractivity contribution in [2.75, 3.05) is 6.54 Å². The van der Waals surface area contributed by atoms with Crippen LogP contribution in [0.3, 0.4) is 0 Å². The van der Waals surface area contributed by atoms with Crippen molar-refractivity contribution in [2.24, 2.45) is 0 Å². The molecule has 1 saturated heterocycles. The Hall–Kier alpha value is -1.29. The van der Waals surface area contributed by atoms with Crippen molar-refractivity contribution >= 4 is 5.91 Å². The molecule has 0 aliphatic carbocycles. The normalized spacial score (nSPS) is 24.4. The van der Waals surface area contributed by atoms with Gasteiger partial charge in [0.05, 0.1) is 17.9 Å². The Kier molecular flexibility index (Phi) is 2.76. The third-order valence-corrected chi connectivity index (χ3v) is 3.35. The van der Waals surface area contributed by atoms with E-state index in [-0.39, 0.29) is 5.91 Å². The van der Waals surface area contributed by atoms with Gasteiger partial charge in [0.1, 0.15) is 0 Å². The molecule has 1 N–H and O–H groups in total. The quantitative estimate of drug-likeness (QED) is 0.787. The van der Waals surface area contributed by atoms with Crippen molar-refractivity contribution in [3.8, 4) is 0 Å². The second kappa shape index (κ2) is 3.94. The van der Waals surface area contributed by atoms with Crippen LogP contribution in [0.25, 0.3) is 0 Å². The molecule has 0 aromatic carbocycles. The van der Waals surface area contributed by atoms with Crippen LogP contribution in [-0.4, -0.2) is 34.1 Å². The lowest BCUT2D eigenvalue weighted by Crippen LogP contribution is -2.58. The molecule has 1 fully saturated rings. The van der Waals surface area contributed by atoms with E-state index in [1.165, 1.54) is 6.26 Å². The molecule has 0 saturated carbocycles. The number of rotatable bonds is 1. The minimum absolute atomic E-state index is 0.145. The Morgan fingerprint density at radius 3 is 3.00 bits per heavy atom. The van der Waals surface area contributed by atoms with Crippen LogP contribution in [0.1, 0.15) is 37.2 Å². The van der Waals surface area contributed by atoms with E-state index < -0.39 is 11.6 Å². The zero-order valence-corrected chi connectivity index (χ0v) is 9.64. The van der Waals surface area contributed by atoms with E-state index in [1.54, 1.807) is 17.0 Å². The SMILES string of the molecule is CC1(C)C(O)CCCN1C(=O)c1ccco1. The Bertz CT molecular complexity index is 370. The Morgan fingerprint density at radius 2 is 2.38 bits per heavy atom. The van der Waals surface area contributed by atoms with Crippen LogP contribution in [0.15, 0.2) is 22.8 Å². The van der Waals surface area contributed by atoms with E-state index in [1.807, 2.05) is 13.8 Å². The predicted molar refractivity (Wildman–Crippen MR) is 59.1 cm³/mol. The molecular weight excluding hydrogens is 206 g/mol. The van der Waals surface area contributed by atoms with Gasteiger partial charge < -0.3 is 14.4 Å². The molecule has 88 valence electrons. The molecule has 2 heterocycles. The summed E-state index contributed by atoms with van der Waals surface area (Å²) in [4.78, 5) is 13.8. The standard InChI is InChI=1S/C12H17NO3/c1-12(2)10(14)6-3-7-13(12)11(15)9-5-4-8-16-9/h4-5,8,10,14H,3,6-7H2,1-2H3. The number of aliphatic hydroxyl groups excluding tert-OH is 1. The van der Waals surface area contributed by atoms with Crippen molar-refractivity contribution < 1.29 is 14.3 Å². The summed E-state index contributed by atoms with van der Waals surface area (Å²) in [6.45, 7) is 4.44. The highest BCUT2D eigenvalue weighted by Crippen LogP contribution is 2.29. The minimum Gasteiger partial charge on any atom is -0.459 e. The lowest BCUT2D eigenvalue weighted by atomic mass is 9.87. The third kappa shape index (κ3) is 1.73. The van der Waals surface area contributed by atoms with Gasteiger partial charge in [0.2, 0.25) is 0 Å². The number of aliphatic hydroxyl groups is 1. The van der Waals surface area contributed by atoms with Gasteiger partial charge in [-0.05, 0) is 38.8 Å². The molecule has 0 spiro atoms. The first-order valence-corrected chi connectivity index (χ1v) is 5.57. The average molecular weight is 223 g/mol. The fraction of sp³-hybridized carbons (Fsp3) is 0.583. The highest BCUT2D eigenvalue weighted by molar-refractivity contribution is 5.92. The summed E-state index contributed by atoms with van der Waals surface area (Å²) in [5, 5.41) is 9.93. The van der Waals surface area contributed by atoms with Gasteiger partial charge >= 0.3 is 0 Å². The number of likely N-dealkylation sites (tertiary alicyclic amines) is 1. The maximum Gasteiger partial charge on any atom is 0.290 e. The van der Waals surface area contributed by atoms with Gasteiger partial charge in [-0.15, -0.1) is 0 Å². The number of hydrogen-bond acceptors (Lipinski definition) is 3. The smallest absolute Gasteiger partial charge is 0.290 e. The molecule has 1 aliphatic rings. The number of piperidine rings is 1. The van der Waals surface area contributed by atoms with Crippen LogP contribution in [0.5, 0.6) is 0 Å². The molecule has 4 nitrogen and oxygen atoms in total. The summed E-state index contributed by atoms with van der Waals surface area (Å²) in [5.74, 6) is 0.191. The van der Waals surface area contributed by atoms with E-state index in [2.05, 4.69) is 0 Å². The maximum absolute atomic E-state index is 12.1. The molecule has 1 aliphatic heterocycles. The number of carbonyl (C=O) groups is 1. The number of furan rings is 1. The molecule has 1 unspecified atom stereocenters. The molecule has 1 amide bonds. The van der Waals surface area contributed by atoms with Gasteiger partial charge in [0.15, 0.2) is 5.76 Å². The highest BCUT2D eigenvalue weighted by atomic mass is 16.3. The Balaban J connectivity index is 2.23. The van der Waals surface area contributed by atoms with Crippen molar-refractivity contribution in [2.45, 2.75) is 38.3 Å². The fourth-order valence-electron chi connectivity index (χ4n) is 2.16. The lowest BCUT2D eigenvalue weighted by Gasteiger charge is -2.45. The fourth-order valence-corrected chi connectivity index (χ4v) is 2.16. The lowest BCUT2D eigenvalue weighted by molar-refractivity contribution is -0.0320. The second-order valence-electron chi connectivity index (χ2n) is 4.75. The minimum atomic E-state index is -0.526. The maximum atomic E-state index is 12.1. The van der Waals surface area contributed by atoms with Crippen LogP contribution >= 0.6 is 0 Å². The number of amides is 1. The monoisotopic (exact) mass is 223 g/mol. The summed E-state index contributed by atoms with van der Waals surface area (Å²) in [5.41, 5.74) is -0.526. The molecule has 2 rings (SSSR count). The molecule has 0 radical (unpaired) electrons. The average Bonchev–Trinajstić information content (AvgIpc) is 2.74. The van der Waals surface area contributed by atoms with Crippen molar-refractivity contribution in [1.29, 1.82) is 0 Å². The number of nitrogens with zero attached hydrogens (tertiary/aromatic N) is 1. The summed E-state index contributed by atoms with van der Waals surface area (Å²) in [6, 6.07) is 3.35. The molecule has 1 atom stereocenters. The molecule has 0 bridgehead atoms. The molecule has 1 aromatic heterocycles. The second-order valence-corrected chi connectivity index (χ2v) is 4.75. The van der Waals surface area contributed by atoms with Crippen LogP contribution in [0.4, 0.5) is 0 Å². The molecule has 16 heavy (non-hydrogen) atoms. The third-order valence-electron chi connectivity index (χ3n) is 3.35. The van der Waals surface area contributed by atoms with Gasteiger partial charge in [-0.3, -0.25) is 4.79 Å². The zero-order valence-electron chi connectivity index (χ0n) is 9.64. The van der Waals surface area contributed by atoms with E-state index >= 15 is 0 Å². The predicted octanol–water partition coefficient (Wildman–Crippen LogP) is 1.66. The Labute approximate surface area is 94.9 Å². The van der Waals surface area contributed by atoms with Gasteiger partial charge in [0.25, 0.3) is 5.91 Å². The van der Waals surface area contributed by atoms with E-state index in [9.17, 15) is 9.90 Å². The number of carbonyl (C=O) groups excluding carboxylic acids is 1. The largest absolute Gasteiger partial charge is 0.459 e. The van der Waals surface area contributed by atoms with Crippen molar-refractivity contribution in [3.63, 3.8) is 0 Å². The van der Waals surface area contributed by atoms with Gasteiger partial charge in [-0.2, -0.15) is 0 Å². The topological polar surface area (TPSA) is 53.7 Å². The van der Waals surface area contributed by atoms with E-state index in [0.717, 1.165) is 12.8 Å². The van der Waals surface area contributed by atoms with Gasteiger partial charge in [-0.25, -0.2) is 0 Å². The van der Waals surface area contributed by atoms with Gasteiger partial charge in [-0.1, -0.05) is 0 Å². The summed E-state index contributed by atoms with van der Waals surface area (Å²) < 4.78 is 5.10. The van der Waals surface area contributed by atoms with Gasteiger partial charge in [0, 0.05) is 6.54 Å². The first kappa shape index (κ1) is 11.2. The van der Waals surface area contributed by atoms with Crippen LogP contribution in [0.2, 0.25) is 0 Å². The molecule has 4 heteroatoms. The summed E-state index contributed by atoms with van der Waals surface area (Å²) >= 11 is 0. The van der Waals surface area contributed by atoms with Crippen molar-refractivity contribution in [3.05, 3.63) is 24.2 Å². The highest BCUT2D eigenvalue weighted by Gasteiger charge is 2.41. The van der Waals surface area contributed by atoms with E-state index in [0.29, 0.717) is 12.3 Å². The summed E-state index contributed by atoms with van der Waals surface area (Å²) in [6.07, 6.45) is 2.59. The van der Waals surface area contributed by atoms with Crippen LogP contribution in [0, 0.1) is 0 Å². The zero-order chi connectivity index (χ0) is 11.8. The van der Waals surface area contributed by atoms with Crippen LogP contribution in [-0.2, 0) is 0 Å².